The number of carbonyl (C=O) groups excluding carboxylic acids is 1. The molecule has 2 heterocycles. The van der Waals surface area contributed by atoms with Crippen LogP contribution in [0.15, 0.2) is 34.2 Å². The van der Waals surface area contributed by atoms with Crippen molar-refractivity contribution in [3.8, 4) is 0 Å². The lowest BCUT2D eigenvalue weighted by molar-refractivity contribution is -0.122. The average molecular weight is 426 g/mol. The van der Waals surface area contributed by atoms with E-state index in [-0.39, 0.29) is 10.8 Å². The number of hydrogen-bond acceptors (Lipinski definition) is 7. The van der Waals surface area contributed by atoms with Gasteiger partial charge in [0.2, 0.25) is 15.9 Å². The van der Waals surface area contributed by atoms with Gasteiger partial charge in [-0.15, -0.1) is 0 Å². The van der Waals surface area contributed by atoms with Gasteiger partial charge in [-0.05, 0) is 24.1 Å². The zero-order valence-electron chi connectivity index (χ0n) is 16.0. The summed E-state index contributed by atoms with van der Waals surface area (Å²) in [5.74, 6) is 0.0100. The minimum Gasteiger partial charge on any atom is -0.355 e. The second kappa shape index (κ2) is 9.25. The first kappa shape index (κ1) is 21.1. The Hall–Kier alpha value is -1.62. The lowest BCUT2D eigenvalue weighted by atomic mass is 10.1. The van der Waals surface area contributed by atoms with Gasteiger partial charge in [0.1, 0.15) is 0 Å². The average Bonchev–Trinajstić information content (AvgIpc) is 3.08. The molecular weight excluding hydrogens is 398 g/mol. The number of aliphatic imine (C=N–C) groups is 1. The van der Waals surface area contributed by atoms with Gasteiger partial charge in [-0.2, -0.15) is 0 Å². The Kier molecular flexibility index (Phi) is 6.97. The van der Waals surface area contributed by atoms with Crippen molar-refractivity contribution in [3.63, 3.8) is 0 Å². The van der Waals surface area contributed by atoms with E-state index >= 15 is 0 Å². The van der Waals surface area contributed by atoms with Crippen LogP contribution in [0.2, 0.25) is 0 Å². The first-order chi connectivity index (χ1) is 13.3. The van der Waals surface area contributed by atoms with E-state index in [9.17, 15) is 13.2 Å². The fourth-order valence-corrected chi connectivity index (χ4v) is 4.69. The number of sulfonamides is 1. The molecule has 8 nitrogen and oxygen atoms in total. The van der Waals surface area contributed by atoms with Gasteiger partial charge >= 0.3 is 0 Å². The third-order valence-corrected chi connectivity index (χ3v) is 6.87. The van der Waals surface area contributed by atoms with Gasteiger partial charge in [0, 0.05) is 38.0 Å². The molecule has 1 saturated heterocycles. The molecule has 3 N–H and O–H groups in total. The SMILES string of the molecule is C[C@@H]1CN=C(N2CCN(CC(=O)NCCc3ccc(S(N)(=O)=O)cc3)CC2)S1. The second-order valence-corrected chi connectivity index (χ2v) is 10.1. The number of benzene rings is 1. The highest BCUT2D eigenvalue weighted by Gasteiger charge is 2.25. The van der Waals surface area contributed by atoms with Gasteiger partial charge in [0.25, 0.3) is 0 Å². The number of nitrogens with one attached hydrogen (secondary N) is 1. The maximum atomic E-state index is 12.2. The molecule has 0 spiro atoms. The van der Waals surface area contributed by atoms with E-state index in [0.29, 0.717) is 24.8 Å². The summed E-state index contributed by atoms with van der Waals surface area (Å²) >= 11 is 1.84. The molecule has 2 aliphatic rings. The number of amidine groups is 1. The molecule has 28 heavy (non-hydrogen) atoms. The molecule has 0 saturated carbocycles. The molecular formula is C18H27N5O3S2. The van der Waals surface area contributed by atoms with E-state index < -0.39 is 10.0 Å². The zero-order chi connectivity index (χ0) is 20.1. The van der Waals surface area contributed by atoms with E-state index in [4.69, 9.17) is 5.14 Å². The molecule has 1 atom stereocenters. The van der Waals surface area contributed by atoms with Crippen LogP contribution in [0.4, 0.5) is 0 Å². The van der Waals surface area contributed by atoms with Crippen molar-refractivity contribution >= 4 is 32.9 Å². The molecule has 0 unspecified atom stereocenters. The maximum absolute atomic E-state index is 12.2. The molecule has 3 rings (SSSR count). The first-order valence-electron chi connectivity index (χ1n) is 9.38. The molecule has 0 aromatic heterocycles. The van der Waals surface area contributed by atoms with Gasteiger partial charge in [-0.25, -0.2) is 13.6 Å². The van der Waals surface area contributed by atoms with Crippen molar-refractivity contribution in [1.82, 2.24) is 15.1 Å². The van der Waals surface area contributed by atoms with Crippen molar-refractivity contribution in [2.45, 2.75) is 23.5 Å². The van der Waals surface area contributed by atoms with Gasteiger partial charge in [-0.3, -0.25) is 14.7 Å². The van der Waals surface area contributed by atoms with Crippen molar-refractivity contribution in [1.29, 1.82) is 0 Å². The fraction of sp³-hybridized carbons (Fsp3) is 0.556. The molecule has 154 valence electrons. The number of nitrogens with zero attached hydrogens (tertiary/aromatic N) is 3. The van der Waals surface area contributed by atoms with E-state index in [0.717, 1.165) is 43.5 Å². The fourth-order valence-electron chi connectivity index (χ4n) is 3.18. The predicted octanol–water partition coefficient (Wildman–Crippen LogP) is 0.102. The third kappa shape index (κ3) is 5.94. The number of nitrogens with two attached hydrogens (primary N) is 1. The van der Waals surface area contributed by atoms with Crippen LogP contribution in [0.3, 0.4) is 0 Å². The number of primary sulfonamides is 1. The van der Waals surface area contributed by atoms with Crippen molar-refractivity contribution < 1.29 is 13.2 Å². The summed E-state index contributed by atoms with van der Waals surface area (Å²) < 4.78 is 22.5. The standard InChI is InChI=1S/C18H27N5O3S2/c1-14-12-21-18(27-14)23-10-8-22(9-11-23)13-17(24)20-7-6-15-2-4-16(5-3-15)28(19,25)26/h2-5,14H,6-13H2,1H3,(H,20,24)(H2,19,25,26)/t14-/m1/s1. The first-order valence-corrected chi connectivity index (χ1v) is 11.8. The summed E-state index contributed by atoms with van der Waals surface area (Å²) in [5.41, 5.74) is 0.949. The number of amides is 1. The Balaban J connectivity index is 1.35. The number of hydrogen-bond donors (Lipinski definition) is 2. The number of piperazine rings is 1. The smallest absolute Gasteiger partial charge is 0.238 e. The molecule has 0 bridgehead atoms. The van der Waals surface area contributed by atoms with Gasteiger partial charge < -0.3 is 10.2 Å². The molecule has 2 aliphatic heterocycles. The summed E-state index contributed by atoms with van der Waals surface area (Å²) in [6.07, 6.45) is 0.639. The highest BCUT2D eigenvalue weighted by Crippen LogP contribution is 2.23. The lowest BCUT2D eigenvalue weighted by Crippen LogP contribution is -2.50. The predicted molar refractivity (Wildman–Crippen MR) is 112 cm³/mol. The molecule has 0 radical (unpaired) electrons. The summed E-state index contributed by atoms with van der Waals surface area (Å²) in [6.45, 7) is 7.52. The Labute approximate surface area is 170 Å². The number of thioether (sulfide) groups is 1. The van der Waals surface area contributed by atoms with Crippen molar-refractivity contribution in [3.05, 3.63) is 29.8 Å². The topological polar surface area (TPSA) is 108 Å². The number of rotatable bonds is 6. The monoisotopic (exact) mass is 425 g/mol. The Morgan fingerprint density at radius 3 is 2.50 bits per heavy atom. The van der Waals surface area contributed by atoms with Crippen LogP contribution in [0.1, 0.15) is 12.5 Å². The summed E-state index contributed by atoms with van der Waals surface area (Å²) in [6, 6.07) is 6.41. The third-order valence-electron chi connectivity index (χ3n) is 4.79. The van der Waals surface area contributed by atoms with E-state index in [1.165, 1.54) is 12.1 Å². The van der Waals surface area contributed by atoms with Crippen LogP contribution >= 0.6 is 11.8 Å². The van der Waals surface area contributed by atoms with Crippen molar-refractivity contribution in [2.75, 3.05) is 45.8 Å². The van der Waals surface area contributed by atoms with Crippen LogP contribution in [0.5, 0.6) is 0 Å². The largest absolute Gasteiger partial charge is 0.355 e. The summed E-state index contributed by atoms with van der Waals surface area (Å²) in [4.78, 5) is 21.3. The Morgan fingerprint density at radius 1 is 1.25 bits per heavy atom. The number of carbonyl (C=O) groups is 1. The molecule has 1 amide bonds. The van der Waals surface area contributed by atoms with E-state index in [1.807, 2.05) is 11.8 Å². The molecule has 0 aliphatic carbocycles. The van der Waals surface area contributed by atoms with Gasteiger partial charge in [-0.1, -0.05) is 30.8 Å². The Bertz CT molecular complexity index is 818. The van der Waals surface area contributed by atoms with Crippen LogP contribution < -0.4 is 10.5 Å². The van der Waals surface area contributed by atoms with Gasteiger partial charge in [0.05, 0.1) is 18.0 Å². The minimum absolute atomic E-state index is 0.0100. The van der Waals surface area contributed by atoms with Gasteiger partial charge in [0.15, 0.2) is 5.17 Å². The summed E-state index contributed by atoms with van der Waals surface area (Å²) in [5, 5.41) is 9.72. The summed E-state index contributed by atoms with van der Waals surface area (Å²) in [7, 11) is -3.67. The Morgan fingerprint density at radius 2 is 1.93 bits per heavy atom. The molecule has 1 fully saturated rings. The highest BCUT2D eigenvalue weighted by molar-refractivity contribution is 8.14. The van der Waals surface area contributed by atoms with Crippen LogP contribution in [-0.2, 0) is 21.2 Å². The van der Waals surface area contributed by atoms with E-state index in [1.54, 1.807) is 12.1 Å². The maximum Gasteiger partial charge on any atom is 0.238 e. The zero-order valence-corrected chi connectivity index (χ0v) is 17.6. The minimum atomic E-state index is -3.67. The molecule has 1 aromatic rings. The van der Waals surface area contributed by atoms with Crippen LogP contribution in [0.25, 0.3) is 0 Å². The van der Waals surface area contributed by atoms with Crippen LogP contribution in [-0.4, -0.2) is 80.4 Å². The van der Waals surface area contributed by atoms with Crippen molar-refractivity contribution in [2.24, 2.45) is 10.1 Å². The quantitative estimate of drug-likeness (QED) is 0.669. The molecule has 1 aromatic carbocycles. The highest BCUT2D eigenvalue weighted by atomic mass is 32.2. The second-order valence-electron chi connectivity index (χ2n) is 7.10. The molecule has 10 heteroatoms. The lowest BCUT2D eigenvalue weighted by Gasteiger charge is -2.35. The van der Waals surface area contributed by atoms with Crippen LogP contribution in [0, 0.1) is 0 Å². The normalized spacial score (nSPS) is 20.9. The van der Waals surface area contributed by atoms with E-state index in [2.05, 4.69) is 27.0 Å².